The fraction of sp³-hybridized carbons (Fsp3) is 0.318. The number of hydrogen-bond donors (Lipinski definition) is 2. The predicted octanol–water partition coefficient (Wildman–Crippen LogP) is 3.33. The number of benzene rings is 1. The van der Waals surface area contributed by atoms with Crippen molar-refractivity contribution < 1.29 is 9.90 Å². The van der Waals surface area contributed by atoms with Gasteiger partial charge in [-0.1, -0.05) is 43.3 Å². The van der Waals surface area contributed by atoms with Crippen LogP contribution in [0, 0.1) is 5.92 Å². The number of aromatic hydroxyl groups is 1. The van der Waals surface area contributed by atoms with Crippen molar-refractivity contribution in [2.45, 2.75) is 30.0 Å². The van der Waals surface area contributed by atoms with Crippen LogP contribution in [-0.2, 0) is 5.75 Å². The minimum atomic E-state index is -0.666. The number of carbonyl (C=O) groups excluding carboxylic acids is 1. The van der Waals surface area contributed by atoms with E-state index in [1.54, 1.807) is 11.8 Å². The van der Waals surface area contributed by atoms with E-state index in [1.807, 2.05) is 12.1 Å². The lowest BCUT2D eigenvalue weighted by Gasteiger charge is -2.36. The van der Waals surface area contributed by atoms with E-state index in [0.717, 1.165) is 28.0 Å². The van der Waals surface area contributed by atoms with Crippen LogP contribution in [0.1, 0.15) is 40.5 Å². The Bertz CT molecular complexity index is 1170. The highest BCUT2D eigenvalue weighted by Gasteiger charge is 2.40. The van der Waals surface area contributed by atoms with E-state index in [-0.39, 0.29) is 28.9 Å². The predicted molar refractivity (Wildman–Crippen MR) is 117 cm³/mol. The molecule has 3 aliphatic rings. The summed E-state index contributed by atoms with van der Waals surface area (Å²) in [6.45, 7) is 2.43. The van der Waals surface area contributed by atoms with Crippen LogP contribution in [0.5, 0.6) is 5.75 Å². The Labute approximate surface area is 182 Å². The molecule has 1 aliphatic carbocycles. The summed E-state index contributed by atoms with van der Waals surface area (Å²) in [5.74, 6) is -0.173. The van der Waals surface area contributed by atoms with Crippen LogP contribution < -0.4 is 10.7 Å². The Morgan fingerprint density at radius 3 is 2.93 bits per heavy atom. The highest BCUT2D eigenvalue weighted by atomic mass is 35.5. The molecule has 4 atom stereocenters. The van der Waals surface area contributed by atoms with Crippen molar-refractivity contribution in [2.75, 3.05) is 6.54 Å². The molecular weight excluding hydrogens is 422 g/mol. The van der Waals surface area contributed by atoms with E-state index in [2.05, 4.69) is 41.6 Å². The number of amides is 1. The number of alkyl halides is 1. The molecule has 3 heterocycles. The molecule has 0 bridgehead atoms. The van der Waals surface area contributed by atoms with Crippen molar-refractivity contribution in [3.63, 3.8) is 0 Å². The molecule has 5 rings (SSSR count). The third-order valence-electron chi connectivity index (χ3n) is 6.06. The van der Waals surface area contributed by atoms with E-state index in [9.17, 15) is 14.7 Å². The molecule has 4 unspecified atom stereocenters. The lowest BCUT2D eigenvalue weighted by Crippen LogP contribution is -2.44. The Morgan fingerprint density at radius 2 is 2.10 bits per heavy atom. The fourth-order valence-corrected chi connectivity index (χ4v) is 6.22. The van der Waals surface area contributed by atoms with Gasteiger partial charge in [0.1, 0.15) is 0 Å². The van der Waals surface area contributed by atoms with Crippen LogP contribution in [0.3, 0.4) is 0 Å². The van der Waals surface area contributed by atoms with Crippen molar-refractivity contribution in [3.8, 4) is 5.75 Å². The third kappa shape index (κ3) is 2.91. The summed E-state index contributed by atoms with van der Waals surface area (Å²) in [5, 5.41) is 17.3. The summed E-state index contributed by atoms with van der Waals surface area (Å²) in [6.07, 6.45) is 5.33. The highest BCUT2D eigenvalue weighted by molar-refractivity contribution is 8.02. The van der Waals surface area contributed by atoms with Crippen LogP contribution in [0.15, 0.2) is 57.9 Å². The zero-order valence-corrected chi connectivity index (χ0v) is 17.8. The number of hydrogen-bond acceptors (Lipinski definition) is 5. The molecule has 1 aromatic carbocycles. The quantitative estimate of drug-likeness (QED) is 0.663. The molecule has 0 saturated heterocycles. The highest BCUT2D eigenvalue weighted by Crippen LogP contribution is 2.50. The summed E-state index contributed by atoms with van der Waals surface area (Å²) in [4.78, 5) is 25.5. The minimum Gasteiger partial charge on any atom is -0.502 e. The molecule has 2 N–H and O–H groups in total. The number of halogens is 1. The van der Waals surface area contributed by atoms with Gasteiger partial charge in [0.15, 0.2) is 11.4 Å². The number of thioether (sulfide) groups is 1. The first-order chi connectivity index (χ1) is 14.5. The van der Waals surface area contributed by atoms with E-state index in [0.29, 0.717) is 6.54 Å². The number of allylic oxidation sites excluding steroid dienone is 4. The lowest BCUT2D eigenvalue weighted by atomic mass is 9.79. The summed E-state index contributed by atoms with van der Waals surface area (Å²) < 4.78 is 1.51. The van der Waals surface area contributed by atoms with E-state index >= 15 is 0 Å². The number of nitrogens with zero attached hydrogens (tertiary/aromatic N) is 2. The van der Waals surface area contributed by atoms with Crippen molar-refractivity contribution in [2.24, 2.45) is 5.92 Å². The van der Waals surface area contributed by atoms with E-state index in [4.69, 9.17) is 11.6 Å². The molecule has 1 amide bonds. The van der Waals surface area contributed by atoms with Crippen molar-refractivity contribution in [1.82, 2.24) is 15.1 Å². The van der Waals surface area contributed by atoms with Crippen molar-refractivity contribution in [1.29, 1.82) is 0 Å². The van der Waals surface area contributed by atoms with Gasteiger partial charge in [-0.2, -0.15) is 5.10 Å². The number of aromatic nitrogens is 2. The van der Waals surface area contributed by atoms with Crippen LogP contribution in [0.25, 0.3) is 0 Å². The Balaban J connectivity index is 1.75. The standard InChI is InChI=1S/C22H20ClN3O3S/c1-11-6-7-14-17(13-5-3-2-4-12(13)10-30-21(14)18(11)23)15-8-24-22(29)19-20(28)16(27)9-25-26(15)19/h2-7,9,11,15,17-18,28H,8,10H2,1H3,(H,24,29). The van der Waals surface area contributed by atoms with Crippen LogP contribution in [0.4, 0.5) is 0 Å². The van der Waals surface area contributed by atoms with Crippen molar-refractivity contribution >= 4 is 29.3 Å². The SMILES string of the molecule is CC1C=CC2=C(SCc3ccccc3C2C2CNC(=O)c3c(O)c(=O)cnn32)C1Cl. The van der Waals surface area contributed by atoms with Crippen LogP contribution in [0.2, 0.25) is 0 Å². The molecular formula is C22H20ClN3O3S. The third-order valence-corrected chi connectivity index (χ3v) is 8.06. The molecule has 2 aliphatic heterocycles. The van der Waals surface area contributed by atoms with E-state index < -0.39 is 17.1 Å². The molecule has 1 aromatic heterocycles. The molecule has 0 fully saturated rings. The Morgan fingerprint density at radius 1 is 1.30 bits per heavy atom. The number of fused-ring (bicyclic) bond motifs is 2. The largest absolute Gasteiger partial charge is 0.502 e. The van der Waals surface area contributed by atoms with Gasteiger partial charge in [0.05, 0.1) is 17.6 Å². The van der Waals surface area contributed by atoms with Gasteiger partial charge in [0.25, 0.3) is 5.91 Å². The minimum absolute atomic E-state index is 0.0918. The molecule has 0 spiro atoms. The fourth-order valence-electron chi connectivity index (χ4n) is 4.51. The van der Waals surface area contributed by atoms with Crippen LogP contribution in [-0.4, -0.2) is 32.7 Å². The number of rotatable bonds is 1. The molecule has 6 nitrogen and oxygen atoms in total. The topological polar surface area (TPSA) is 84.2 Å². The summed E-state index contributed by atoms with van der Waals surface area (Å²) in [7, 11) is 0. The summed E-state index contributed by atoms with van der Waals surface area (Å²) in [6, 6.07) is 7.94. The smallest absolute Gasteiger partial charge is 0.273 e. The zero-order chi connectivity index (χ0) is 21.0. The van der Waals surface area contributed by atoms with Crippen LogP contribution >= 0.6 is 23.4 Å². The first kappa shape index (κ1) is 19.5. The van der Waals surface area contributed by atoms with Gasteiger partial charge >= 0.3 is 0 Å². The normalized spacial score (nSPS) is 27.6. The molecule has 0 saturated carbocycles. The monoisotopic (exact) mass is 441 g/mol. The molecule has 30 heavy (non-hydrogen) atoms. The first-order valence-corrected chi connectivity index (χ1v) is 11.3. The molecule has 2 aromatic rings. The lowest BCUT2D eigenvalue weighted by molar-refractivity contribution is 0.0896. The van der Waals surface area contributed by atoms with E-state index in [1.165, 1.54) is 10.2 Å². The van der Waals surface area contributed by atoms with Gasteiger partial charge in [-0.25, -0.2) is 0 Å². The first-order valence-electron chi connectivity index (χ1n) is 9.83. The second-order valence-corrected chi connectivity index (χ2v) is 9.32. The summed E-state index contributed by atoms with van der Waals surface area (Å²) >= 11 is 8.58. The Kier molecular flexibility index (Phi) is 4.75. The molecule has 8 heteroatoms. The maximum atomic E-state index is 12.5. The average Bonchev–Trinajstić information content (AvgIpc) is 2.91. The zero-order valence-electron chi connectivity index (χ0n) is 16.2. The van der Waals surface area contributed by atoms with Gasteiger partial charge in [-0.15, -0.1) is 23.4 Å². The van der Waals surface area contributed by atoms with Crippen molar-refractivity contribution in [3.05, 3.63) is 80.1 Å². The van der Waals surface area contributed by atoms with Gasteiger partial charge in [0, 0.05) is 23.1 Å². The number of carbonyl (C=O) groups is 1. The maximum Gasteiger partial charge on any atom is 0.273 e. The molecule has 0 radical (unpaired) electrons. The second kappa shape index (κ2) is 7.32. The molecule has 154 valence electrons. The maximum absolute atomic E-state index is 12.5. The number of nitrogens with one attached hydrogen (secondary N) is 1. The van der Waals surface area contributed by atoms with Gasteiger partial charge in [-0.3, -0.25) is 14.3 Å². The second-order valence-electron chi connectivity index (χ2n) is 7.83. The Hall–Kier alpha value is -2.51. The van der Waals surface area contributed by atoms with Gasteiger partial charge in [0.2, 0.25) is 5.43 Å². The summed E-state index contributed by atoms with van der Waals surface area (Å²) in [5.41, 5.74) is 2.70. The van der Waals surface area contributed by atoms with Gasteiger partial charge in [-0.05, 0) is 22.6 Å². The average molecular weight is 442 g/mol. The van der Waals surface area contributed by atoms with Gasteiger partial charge < -0.3 is 10.4 Å².